The Hall–Kier alpha value is -0.600. The molecule has 1 aliphatic carbocycles. The van der Waals surface area contributed by atoms with Gasteiger partial charge in [0.05, 0.1) is 6.61 Å². The number of ether oxygens (including phenoxy) is 1. The molecule has 0 bridgehead atoms. The van der Waals surface area contributed by atoms with E-state index in [-0.39, 0.29) is 6.10 Å². The first-order valence-corrected chi connectivity index (χ1v) is 5.40. The van der Waals surface area contributed by atoms with Crippen molar-refractivity contribution in [1.29, 1.82) is 0 Å². The second-order valence-corrected chi connectivity index (χ2v) is 3.69. The third-order valence-corrected chi connectivity index (χ3v) is 2.39. The van der Waals surface area contributed by atoms with E-state index in [4.69, 9.17) is 4.74 Å². The number of fused-ring (bicyclic) bond motifs is 1. The third kappa shape index (κ3) is 1.84. The molecule has 13 heavy (non-hydrogen) atoms. The molecule has 2 heteroatoms. The lowest BCUT2D eigenvalue weighted by molar-refractivity contribution is 0.102. The fourth-order valence-corrected chi connectivity index (χ4v) is 1.65. The molecule has 1 radical (unpaired) electrons. The summed E-state index contributed by atoms with van der Waals surface area (Å²) in [6, 6.07) is 9.05. The molecule has 0 aliphatic heterocycles. The van der Waals surface area contributed by atoms with E-state index in [1.54, 1.807) is 0 Å². The van der Waals surface area contributed by atoms with Crippen LogP contribution in [0.2, 0.25) is 0 Å². The minimum absolute atomic E-state index is 0.130. The fourth-order valence-electron chi connectivity index (χ4n) is 1.47. The molecule has 0 spiro atoms. The van der Waals surface area contributed by atoms with Crippen LogP contribution >= 0.6 is 15.9 Å². The van der Waals surface area contributed by atoms with Gasteiger partial charge in [0, 0.05) is 5.33 Å². The van der Waals surface area contributed by atoms with E-state index < -0.39 is 0 Å². The Morgan fingerprint density at radius 1 is 1.54 bits per heavy atom. The second-order valence-electron chi connectivity index (χ2n) is 2.89. The van der Waals surface area contributed by atoms with E-state index in [0.717, 1.165) is 11.9 Å². The molecular formula is C11H10BrO. The summed E-state index contributed by atoms with van der Waals surface area (Å²) in [4.78, 5) is 0. The Kier molecular flexibility index (Phi) is 2.81. The molecule has 1 aliphatic rings. The van der Waals surface area contributed by atoms with Gasteiger partial charge >= 0.3 is 0 Å². The summed E-state index contributed by atoms with van der Waals surface area (Å²) < 4.78 is 5.62. The van der Waals surface area contributed by atoms with Crippen molar-refractivity contribution in [3.05, 3.63) is 41.5 Å². The summed E-state index contributed by atoms with van der Waals surface area (Å²) in [6.45, 7) is 0.739. The highest BCUT2D eigenvalue weighted by atomic mass is 79.9. The van der Waals surface area contributed by atoms with Gasteiger partial charge in [0.25, 0.3) is 0 Å². The van der Waals surface area contributed by atoms with Gasteiger partial charge < -0.3 is 4.74 Å². The van der Waals surface area contributed by atoms with Crippen molar-refractivity contribution in [2.24, 2.45) is 0 Å². The number of rotatable bonds is 3. The van der Waals surface area contributed by atoms with E-state index in [9.17, 15) is 0 Å². The monoisotopic (exact) mass is 237 g/mol. The van der Waals surface area contributed by atoms with Crippen LogP contribution in [0.5, 0.6) is 0 Å². The van der Waals surface area contributed by atoms with Gasteiger partial charge in [-0.2, -0.15) is 0 Å². The van der Waals surface area contributed by atoms with Gasteiger partial charge in [0.2, 0.25) is 0 Å². The topological polar surface area (TPSA) is 9.23 Å². The molecule has 1 nitrogen and oxygen atoms in total. The Bertz CT molecular complexity index is 320. The van der Waals surface area contributed by atoms with Gasteiger partial charge in [-0.05, 0) is 23.3 Å². The highest BCUT2D eigenvalue weighted by Crippen LogP contribution is 2.30. The smallest absolute Gasteiger partial charge is 0.102 e. The Labute approximate surface area is 86.5 Å². The van der Waals surface area contributed by atoms with Crippen LogP contribution in [-0.2, 0) is 4.74 Å². The van der Waals surface area contributed by atoms with E-state index in [0.29, 0.717) is 0 Å². The third-order valence-electron chi connectivity index (χ3n) is 2.06. The first-order chi connectivity index (χ1) is 6.42. The molecule has 0 fully saturated rings. The Morgan fingerprint density at radius 2 is 2.46 bits per heavy atom. The van der Waals surface area contributed by atoms with Gasteiger partial charge in [-0.25, -0.2) is 0 Å². The first kappa shape index (κ1) is 8.97. The van der Waals surface area contributed by atoms with Gasteiger partial charge in [0.1, 0.15) is 6.10 Å². The summed E-state index contributed by atoms with van der Waals surface area (Å²) in [6.07, 6.45) is 4.31. The van der Waals surface area contributed by atoms with E-state index in [1.165, 1.54) is 11.1 Å². The van der Waals surface area contributed by atoms with E-state index in [2.05, 4.69) is 40.2 Å². The van der Waals surface area contributed by atoms with E-state index in [1.807, 2.05) is 12.1 Å². The van der Waals surface area contributed by atoms with Crippen LogP contribution in [0.3, 0.4) is 0 Å². The maximum atomic E-state index is 5.62. The Balaban J connectivity index is 2.14. The van der Waals surface area contributed by atoms with Gasteiger partial charge in [-0.3, -0.25) is 0 Å². The molecule has 1 aromatic rings. The largest absolute Gasteiger partial charge is 0.369 e. The van der Waals surface area contributed by atoms with Crippen molar-refractivity contribution >= 4 is 22.0 Å². The molecule has 0 saturated heterocycles. The average Bonchev–Trinajstić information content (AvgIpc) is 2.58. The van der Waals surface area contributed by atoms with Crippen molar-refractivity contribution in [1.82, 2.24) is 0 Å². The fraction of sp³-hybridized carbons (Fsp3) is 0.273. The van der Waals surface area contributed by atoms with Crippen LogP contribution in [-0.4, -0.2) is 11.9 Å². The lowest BCUT2D eigenvalue weighted by atomic mass is 10.1. The number of benzene rings is 1. The lowest BCUT2D eigenvalue weighted by Crippen LogP contribution is -2.01. The molecule has 0 aromatic heterocycles. The summed E-state index contributed by atoms with van der Waals surface area (Å²) >= 11 is 3.34. The van der Waals surface area contributed by atoms with Crippen molar-refractivity contribution in [3.8, 4) is 0 Å². The van der Waals surface area contributed by atoms with Crippen LogP contribution in [0.15, 0.2) is 24.3 Å². The second kappa shape index (κ2) is 4.07. The zero-order valence-corrected chi connectivity index (χ0v) is 8.75. The van der Waals surface area contributed by atoms with Crippen molar-refractivity contribution in [2.75, 3.05) is 11.9 Å². The van der Waals surface area contributed by atoms with Crippen LogP contribution < -0.4 is 0 Å². The minimum atomic E-state index is 0.130. The van der Waals surface area contributed by atoms with Crippen LogP contribution in [0.25, 0.3) is 6.08 Å². The summed E-state index contributed by atoms with van der Waals surface area (Å²) in [5.74, 6) is 0. The maximum Gasteiger partial charge on any atom is 0.102 e. The summed E-state index contributed by atoms with van der Waals surface area (Å²) in [5.41, 5.74) is 2.47. The molecule has 2 rings (SSSR count). The molecule has 0 saturated carbocycles. The summed E-state index contributed by atoms with van der Waals surface area (Å²) in [7, 11) is 0. The number of alkyl halides is 1. The van der Waals surface area contributed by atoms with Gasteiger partial charge in [-0.1, -0.05) is 40.2 Å². The molecule has 67 valence electrons. The zero-order chi connectivity index (χ0) is 9.10. The molecule has 1 aromatic carbocycles. The van der Waals surface area contributed by atoms with Gasteiger partial charge in [-0.15, -0.1) is 0 Å². The molecule has 0 amide bonds. The molecular weight excluding hydrogens is 228 g/mol. The predicted molar refractivity (Wildman–Crippen MR) is 56.8 cm³/mol. The summed E-state index contributed by atoms with van der Waals surface area (Å²) in [5, 5.41) is 0.878. The minimum Gasteiger partial charge on any atom is -0.369 e. The number of hydrogen-bond acceptors (Lipinski definition) is 1. The maximum absolute atomic E-state index is 5.62. The first-order valence-electron chi connectivity index (χ1n) is 4.27. The highest BCUT2D eigenvalue weighted by molar-refractivity contribution is 9.09. The molecule has 1 atom stereocenters. The van der Waals surface area contributed by atoms with Gasteiger partial charge in [0.15, 0.2) is 0 Å². The Morgan fingerprint density at radius 3 is 3.31 bits per heavy atom. The van der Waals surface area contributed by atoms with E-state index >= 15 is 0 Å². The average molecular weight is 238 g/mol. The van der Waals surface area contributed by atoms with Crippen LogP contribution in [0.4, 0.5) is 0 Å². The van der Waals surface area contributed by atoms with Crippen molar-refractivity contribution < 1.29 is 4.74 Å². The predicted octanol–water partition coefficient (Wildman–Crippen LogP) is 2.97. The highest BCUT2D eigenvalue weighted by Gasteiger charge is 2.16. The lowest BCUT2D eigenvalue weighted by Gasteiger charge is -2.10. The molecule has 1 unspecified atom stereocenters. The normalized spacial score (nSPS) is 19.0. The van der Waals surface area contributed by atoms with Crippen LogP contribution in [0.1, 0.15) is 17.2 Å². The molecule has 0 heterocycles. The van der Waals surface area contributed by atoms with Crippen molar-refractivity contribution in [3.63, 3.8) is 0 Å². The number of hydrogen-bond donors (Lipinski definition) is 0. The molecule has 0 N–H and O–H groups in total. The number of halogens is 1. The van der Waals surface area contributed by atoms with Crippen molar-refractivity contribution in [2.45, 2.75) is 6.10 Å². The SMILES string of the molecule is BrCCOC1C=Cc2cc[c]cc21. The van der Waals surface area contributed by atoms with Crippen LogP contribution in [0, 0.1) is 6.07 Å². The standard InChI is InChI=1S/C11H10BrO/c12-7-8-13-11-6-5-9-3-1-2-4-10(9)11/h1,3-6,11H,7-8H2. The quantitative estimate of drug-likeness (QED) is 0.735. The zero-order valence-electron chi connectivity index (χ0n) is 7.16.